The average Bonchev–Trinajstić information content (AvgIpc) is 2.88. The van der Waals surface area contributed by atoms with E-state index in [1.54, 1.807) is 36.0 Å². The number of amides is 2. The van der Waals surface area contributed by atoms with Crippen molar-refractivity contribution in [1.29, 1.82) is 0 Å². The van der Waals surface area contributed by atoms with E-state index in [9.17, 15) is 9.59 Å². The molecule has 0 N–H and O–H groups in total. The van der Waals surface area contributed by atoms with E-state index in [-0.39, 0.29) is 18.4 Å². The Hall–Kier alpha value is -2.85. The van der Waals surface area contributed by atoms with E-state index in [1.165, 1.54) is 4.90 Å². The molecule has 122 valence electrons. The quantitative estimate of drug-likeness (QED) is 0.647. The summed E-state index contributed by atoms with van der Waals surface area (Å²) >= 11 is 1.66. The van der Waals surface area contributed by atoms with E-state index in [1.807, 2.05) is 42.5 Å². The second-order valence-electron chi connectivity index (χ2n) is 5.80. The summed E-state index contributed by atoms with van der Waals surface area (Å²) in [6, 6.07) is 25.0. The molecule has 0 saturated heterocycles. The van der Waals surface area contributed by atoms with E-state index < -0.39 is 0 Å². The number of carbonyl (C=O) groups is 2. The van der Waals surface area contributed by atoms with Crippen LogP contribution in [0.4, 0.5) is 0 Å². The van der Waals surface area contributed by atoms with Gasteiger partial charge < -0.3 is 0 Å². The molecule has 0 radical (unpaired) electrons. The zero-order chi connectivity index (χ0) is 17.2. The van der Waals surface area contributed by atoms with Gasteiger partial charge in [0.25, 0.3) is 11.8 Å². The molecule has 4 rings (SSSR count). The lowest BCUT2D eigenvalue weighted by Gasteiger charge is -2.14. The van der Waals surface area contributed by atoms with E-state index in [4.69, 9.17) is 0 Å². The maximum Gasteiger partial charge on any atom is 0.261 e. The van der Waals surface area contributed by atoms with Crippen molar-refractivity contribution in [3.63, 3.8) is 0 Å². The molecular formula is C21H15NO2S. The Morgan fingerprint density at radius 3 is 1.96 bits per heavy atom. The van der Waals surface area contributed by atoms with Gasteiger partial charge >= 0.3 is 0 Å². The fourth-order valence-electron chi connectivity index (χ4n) is 2.90. The van der Waals surface area contributed by atoms with Gasteiger partial charge in [-0.3, -0.25) is 14.5 Å². The maximum atomic E-state index is 12.5. The van der Waals surface area contributed by atoms with E-state index in [0.29, 0.717) is 11.1 Å². The van der Waals surface area contributed by atoms with Crippen molar-refractivity contribution >= 4 is 23.6 Å². The van der Waals surface area contributed by atoms with Gasteiger partial charge in [-0.2, -0.15) is 0 Å². The Kier molecular flexibility index (Phi) is 4.12. The van der Waals surface area contributed by atoms with E-state index in [2.05, 4.69) is 12.1 Å². The standard InChI is InChI=1S/C21H15NO2S/c23-20-18-11-4-5-12-19(18)21(24)22(20)14-15-7-6-10-17(13-15)25-16-8-2-1-3-9-16/h1-13H,14H2. The van der Waals surface area contributed by atoms with Crippen molar-refractivity contribution in [1.82, 2.24) is 4.90 Å². The van der Waals surface area contributed by atoms with Crippen LogP contribution in [-0.4, -0.2) is 16.7 Å². The molecule has 1 aliphatic heterocycles. The molecule has 0 atom stereocenters. The van der Waals surface area contributed by atoms with Gasteiger partial charge in [-0.15, -0.1) is 0 Å². The van der Waals surface area contributed by atoms with Crippen LogP contribution in [0.3, 0.4) is 0 Å². The molecule has 0 aromatic heterocycles. The van der Waals surface area contributed by atoms with Crippen molar-refractivity contribution < 1.29 is 9.59 Å². The van der Waals surface area contributed by atoms with Gasteiger partial charge in [0.2, 0.25) is 0 Å². The molecule has 0 spiro atoms. The Labute approximate surface area is 150 Å². The maximum absolute atomic E-state index is 12.5. The van der Waals surface area contributed by atoms with E-state index >= 15 is 0 Å². The first kappa shape index (κ1) is 15.7. The first-order valence-electron chi connectivity index (χ1n) is 7.99. The largest absolute Gasteiger partial charge is 0.270 e. The van der Waals surface area contributed by atoms with Crippen LogP contribution in [0, 0.1) is 0 Å². The third-order valence-electron chi connectivity index (χ3n) is 4.10. The van der Waals surface area contributed by atoms with Gasteiger partial charge in [0.15, 0.2) is 0 Å². The summed E-state index contributed by atoms with van der Waals surface area (Å²) in [6.07, 6.45) is 0. The fraction of sp³-hybridized carbons (Fsp3) is 0.0476. The summed E-state index contributed by atoms with van der Waals surface area (Å²) in [5.74, 6) is -0.441. The van der Waals surface area contributed by atoms with Crippen molar-refractivity contribution in [2.75, 3.05) is 0 Å². The lowest BCUT2D eigenvalue weighted by molar-refractivity contribution is 0.0642. The fourth-order valence-corrected chi connectivity index (χ4v) is 3.82. The third kappa shape index (κ3) is 3.08. The second kappa shape index (κ2) is 6.57. The number of hydrogen-bond donors (Lipinski definition) is 0. The number of benzene rings is 3. The van der Waals surface area contributed by atoms with Crippen molar-refractivity contribution in [3.05, 3.63) is 95.6 Å². The first-order valence-corrected chi connectivity index (χ1v) is 8.81. The molecular weight excluding hydrogens is 330 g/mol. The summed E-state index contributed by atoms with van der Waals surface area (Å²) in [6.45, 7) is 0.287. The number of hydrogen-bond acceptors (Lipinski definition) is 3. The van der Waals surface area contributed by atoms with Crippen LogP contribution in [0.2, 0.25) is 0 Å². The Bertz CT molecular complexity index is 918. The Morgan fingerprint density at radius 1 is 0.680 bits per heavy atom. The second-order valence-corrected chi connectivity index (χ2v) is 6.95. The molecule has 3 aromatic carbocycles. The zero-order valence-electron chi connectivity index (χ0n) is 13.4. The lowest BCUT2D eigenvalue weighted by Crippen LogP contribution is -2.29. The van der Waals surface area contributed by atoms with Crippen LogP contribution in [0.15, 0.2) is 88.7 Å². The predicted molar refractivity (Wildman–Crippen MR) is 97.7 cm³/mol. The monoisotopic (exact) mass is 345 g/mol. The molecule has 0 aliphatic carbocycles. The molecule has 0 unspecified atom stereocenters. The highest BCUT2D eigenvalue weighted by Crippen LogP contribution is 2.29. The van der Waals surface area contributed by atoms with E-state index in [0.717, 1.165) is 15.4 Å². The van der Waals surface area contributed by atoms with Crippen molar-refractivity contribution in [2.45, 2.75) is 16.3 Å². The molecule has 0 fully saturated rings. The highest BCUT2D eigenvalue weighted by atomic mass is 32.2. The van der Waals surface area contributed by atoms with Crippen LogP contribution in [0.1, 0.15) is 26.3 Å². The van der Waals surface area contributed by atoms with Gasteiger partial charge in [0, 0.05) is 9.79 Å². The highest BCUT2D eigenvalue weighted by molar-refractivity contribution is 7.99. The normalized spacial score (nSPS) is 13.2. The van der Waals surface area contributed by atoms with Gasteiger partial charge in [0.1, 0.15) is 0 Å². The molecule has 0 saturated carbocycles. The topological polar surface area (TPSA) is 37.4 Å². The molecule has 3 aromatic rings. The first-order chi connectivity index (χ1) is 12.2. The number of imide groups is 1. The summed E-state index contributed by atoms with van der Waals surface area (Å²) < 4.78 is 0. The molecule has 3 nitrogen and oxygen atoms in total. The van der Waals surface area contributed by atoms with Crippen LogP contribution >= 0.6 is 11.8 Å². The summed E-state index contributed by atoms with van der Waals surface area (Å²) in [4.78, 5) is 28.5. The minimum atomic E-state index is -0.221. The lowest BCUT2D eigenvalue weighted by atomic mass is 10.1. The Balaban J connectivity index is 1.55. The SMILES string of the molecule is O=C1c2ccccc2C(=O)N1Cc1cccc(Sc2ccccc2)c1. The molecule has 1 aliphatic rings. The van der Waals surface area contributed by atoms with Gasteiger partial charge in [-0.1, -0.05) is 54.2 Å². The number of fused-ring (bicyclic) bond motifs is 1. The van der Waals surface area contributed by atoms with Gasteiger partial charge in [-0.25, -0.2) is 0 Å². The molecule has 4 heteroatoms. The third-order valence-corrected chi connectivity index (χ3v) is 5.09. The van der Waals surface area contributed by atoms with Crippen molar-refractivity contribution in [3.8, 4) is 0 Å². The highest BCUT2D eigenvalue weighted by Gasteiger charge is 2.34. The van der Waals surface area contributed by atoms with Crippen LogP contribution < -0.4 is 0 Å². The van der Waals surface area contributed by atoms with Gasteiger partial charge in [0.05, 0.1) is 17.7 Å². The minimum Gasteiger partial charge on any atom is -0.270 e. The van der Waals surface area contributed by atoms with Crippen LogP contribution in [0.25, 0.3) is 0 Å². The number of nitrogens with zero attached hydrogens (tertiary/aromatic N) is 1. The summed E-state index contributed by atoms with van der Waals surface area (Å²) in [5, 5.41) is 0. The van der Waals surface area contributed by atoms with Crippen LogP contribution in [-0.2, 0) is 6.54 Å². The molecule has 1 heterocycles. The Morgan fingerprint density at radius 2 is 1.28 bits per heavy atom. The molecule has 2 amide bonds. The van der Waals surface area contributed by atoms with Crippen molar-refractivity contribution in [2.24, 2.45) is 0 Å². The average molecular weight is 345 g/mol. The van der Waals surface area contributed by atoms with Crippen LogP contribution in [0.5, 0.6) is 0 Å². The number of rotatable bonds is 4. The molecule has 25 heavy (non-hydrogen) atoms. The zero-order valence-corrected chi connectivity index (χ0v) is 14.2. The summed E-state index contributed by atoms with van der Waals surface area (Å²) in [5.41, 5.74) is 1.92. The smallest absolute Gasteiger partial charge is 0.261 e. The number of carbonyl (C=O) groups excluding carboxylic acids is 2. The summed E-state index contributed by atoms with van der Waals surface area (Å²) in [7, 11) is 0. The predicted octanol–water partition coefficient (Wildman–Crippen LogP) is 4.63. The van der Waals surface area contributed by atoms with Gasteiger partial charge in [-0.05, 0) is 42.0 Å². The molecule has 0 bridgehead atoms. The minimum absolute atomic E-state index is 0.221.